The van der Waals surface area contributed by atoms with Gasteiger partial charge in [0.2, 0.25) is 0 Å². The van der Waals surface area contributed by atoms with Gasteiger partial charge in [-0.25, -0.2) is 8.78 Å². The van der Waals surface area contributed by atoms with Crippen molar-refractivity contribution in [2.75, 3.05) is 13.2 Å². The van der Waals surface area contributed by atoms with Gasteiger partial charge in [-0.3, -0.25) is 9.59 Å². The van der Waals surface area contributed by atoms with Crippen molar-refractivity contribution in [1.82, 2.24) is 5.06 Å². The van der Waals surface area contributed by atoms with Gasteiger partial charge in [-0.1, -0.05) is 13.0 Å². The first-order valence-electron chi connectivity index (χ1n) is 12.5. The predicted molar refractivity (Wildman–Crippen MR) is 130 cm³/mol. The van der Waals surface area contributed by atoms with Crippen molar-refractivity contribution in [2.45, 2.75) is 57.6 Å². The minimum Gasteiger partial charge on any atom is -0.390 e. The standard InChI is InChI=1S/C27H33F2NO5S/c1-25-10-23(34)27(29)19(9-21(28)20-8-17(32)3-5-26(20,27)2)18(25)7-16(24(25)22(33)13-31)12-30(35)11-15-4-6-36-14-15/h3-6,8,14,16,18-19,21,23-24,31,34-35H,7,9-13H2,1-2H3/t16-,18?,19-,21-,23-,24+,25-,26-,27-/m0/s1. The van der Waals surface area contributed by atoms with Gasteiger partial charge in [-0.05, 0) is 83.6 Å². The van der Waals surface area contributed by atoms with E-state index in [2.05, 4.69) is 0 Å². The molecule has 0 saturated heterocycles. The van der Waals surface area contributed by atoms with E-state index in [1.54, 1.807) is 6.92 Å². The summed E-state index contributed by atoms with van der Waals surface area (Å²) in [5.74, 6) is -3.27. The SMILES string of the molecule is C[C@]12C[C@H](O)[C@@]3(F)[C@@H](C[C@H](F)C4=CC(=O)C=C[C@@]43C)C1C[C@@H](CN(O)Cc1ccsc1)[C@@H]2C(=O)CO. The first-order valence-corrected chi connectivity index (χ1v) is 13.4. The number of hydrogen-bond acceptors (Lipinski definition) is 7. The molecule has 0 spiro atoms. The van der Waals surface area contributed by atoms with Gasteiger partial charge in [0.05, 0.1) is 6.10 Å². The van der Waals surface area contributed by atoms with Crippen molar-refractivity contribution in [1.29, 1.82) is 0 Å². The van der Waals surface area contributed by atoms with Crippen LogP contribution in [0.4, 0.5) is 8.78 Å². The Morgan fingerprint density at radius 1 is 1.28 bits per heavy atom. The summed E-state index contributed by atoms with van der Waals surface area (Å²) in [5.41, 5.74) is -3.60. The van der Waals surface area contributed by atoms with E-state index in [9.17, 15) is 25.0 Å². The summed E-state index contributed by atoms with van der Waals surface area (Å²) in [5, 5.41) is 36.8. The number of hydroxylamine groups is 2. The maximum atomic E-state index is 17.3. The number of nitrogens with zero attached hydrogens (tertiary/aromatic N) is 1. The lowest BCUT2D eigenvalue weighted by Crippen LogP contribution is -2.68. The molecule has 3 saturated carbocycles. The average molecular weight is 522 g/mol. The number of aliphatic hydroxyl groups is 2. The van der Waals surface area contributed by atoms with Crippen molar-refractivity contribution >= 4 is 22.9 Å². The van der Waals surface area contributed by atoms with Gasteiger partial charge in [0.25, 0.3) is 0 Å². The summed E-state index contributed by atoms with van der Waals surface area (Å²) in [7, 11) is 0. The molecule has 9 heteroatoms. The van der Waals surface area contributed by atoms with Crippen LogP contribution in [0.2, 0.25) is 0 Å². The quantitative estimate of drug-likeness (QED) is 0.495. The highest BCUT2D eigenvalue weighted by atomic mass is 32.1. The van der Waals surface area contributed by atoms with Gasteiger partial charge < -0.3 is 15.4 Å². The van der Waals surface area contributed by atoms with Gasteiger partial charge in [0.1, 0.15) is 12.8 Å². The Balaban J connectivity index is 1.51. The number of Topliss-reactive ketones (excluding diaryl/α,β-unsaturated/α-hetero) is 1. The number of halogens is 2. The van der Waals surface area contributed by atoms with Crippen LogP contribution < -0.4 is 0 Å². The van der Waals surface area contributed by atoms with Gasteiger partial charge in [-0.2, -0.15) is 16.4 Å². The van der Waals surface area contributed by atoms with Crippen LogP contribution in [-0.4, -0.2) is 63.1 Å². The Kier molecular flexibility index (Phi) is 6.40. The number of hydrogen-bond donors (Lipinski definition) is 3. The topological polar surface area (TPSA) is 98.1 Å². The molecule has 0 amide bonds. The number of carbonyl (C=O) groups excluding carboxylic acids is 2. The van der Waals surface area contributed by atoms with Crippen LogP contribution in [-0.2, 0) is 16.1 Å². The zero-order valence-corrected chi connectivity index (χ0v) is 21.3. The summed E-state index contributed by atoms with van der Waals surface area (Å²) in [6, 6.07) is 1.89. The molecule has 6 nitrogen and oxygen atoms in total. The van der Waals surface area contributed by atoms with E-state index in [4.69, 9.17) is 0 Å². The number of thiophene rings is 1. The lowest BCUT2D eigenvalue weighted by Gasteiger charge is -2.62. The molecule has 1 heterocycles. The molecular weight excluding hydrogens is 488 g/mol. The number of aliphatic hydroxyl groups excluding tert-OH is 2. The fourth-order valence-corrected chi connectivity index (χ4v) is 8.88. The van der Waals surface area contributed by atoms with E-state index in [1.807, 2.05) is 23.8 Å². The molecule has 4 aliphatic rings. The molecule has 0 aromatic carbocycles. The van der Waals surface area contributed by atoms with Crippen LogP contribution >= 0.6 is 11.3 Å². The number of rotatable bonds is 6. The molecule has 1 aromatic heterocycles. The van der Waals surface area contributed by atoms with Gasteiger partial charge in [0.15, 0.2) is 17.2 Å². The summed E-state index contributed by atoms with van der Waals surface area (Å²) < 4.78 is 32.9. The van der Waals surface area contributed by atoms with Gasteiger partial charge >= 0.3 is 0 Å². The number of allylic oxidation sites excluding steroid dienone is 4. The number of ketones is 2. The molecule has 1 aromatic rings. The smallest absolute Gasteiger partial charge is 0.178 e. The largest absolute Gasteiger partial charge is 0.390 e. The molecule has 36 heavy (non-hydrogen) atoms. The van der Waals surface area contributed by atoms with Crippen molar-refractivity contribution in [3.05, 3.63) is 46.2 Å². The molecule has 3 N–H and O–H groups in total. The second-order valence-corrected chi connectivity index (χ2v) is 12.3. The van der Waals surface area contributed by atoms with E-state index in [0.29, 0.717) is 6.42 Å². The Hall–Kier alpha value is -1.78. The van der Waals surface area contributed by atoms with E-state index in [1.165, 1.54) is 23.5 Å². The molecule has 196 valence electrons. The fraction of sp³-hybridized carbons (Fsp3) is 0.630. The lowest BCUT2D eigenvalue weighted by atomic mass is 9.45. The molecule has 1 unspecified atom stereocenters. The van der Waals surface area contributed by atoms with E-state index in [0.717, 1.165) is 16.7 Å². The van der Waals surface area contributed by atoms with E-state index >= 15 is 8.78 Å². The highest BCUT2D eigenvalue weighted by Gasteiger charge is 2.73. The molecular formula is C27H33F2NO5S. The summed E-state index contributed by atoms with van der Waals surface area (Å²) in [6.45, 7) is 3.09. The third-order valence-corrected chi connectivity index (χ3v) is 10.4. The maximum absolute atomic E-state index is 17.3. The van der Waals surface area contributed by atoms with Crippen molar-refractivity contribution in [3.63, 3.8) is 0 Å². The second-order valence-electron chi connectivity index (χ2n) is 11.5. The van der Waals surface area contributed by atoms with Crippen LogP contribution in [0.1, 0.15) is 38.7 Å². The van der Waals surface area contributed by atoms with E-state index < -0.39 is 70.6 Å². The lowest BCUT2D eigenvalue weighted by molar-refractivity contribution is -0.202. The zero-order valence-electron chi connectivity index (χ0n) is 20.4. The monoisotopic (exact) mass is 521 g/mol. The Labute approximate surface area is 213 Å². The zero-order chi connectivity index (χ0) is 26.0. The molecule has 0 radical (unpaired) electrons. The van der Waals surface area contributed by atoms with Crippen molar-refractivity contribution in [2.24, 2.45) is 34.5 Å². The normalized spacial score (nSPS) is 43.7. The third kappa shape index (κ3) is 3.61. The molecule has 0 aliphatic heterocycles. The number of alkyl halides is 2. The molecule has 0 bridgehead atoms. The average Bonchev–Trinajstić information content (AvgIpc) is 3.42. The van der Waals surface area contributed by atoms with Crippen LogP contribution in [0.3, 0.4) is 0 Å². The minimum absolute atomic E-state index is 0.0326. The second kappa shape index (κ2) is 8.91. The van der Waals surface area contributed by atoms with Crippen LogP contribution in [0.25, 0.3) is 0 Å². The Morgan fingerprint density at radius 2 is 2.03 bits per heavy atom. The highest BCUT2D eigenvalue weighted by molar-refractivity contribution is 7.07. The number of fused-ring (bicyclic) bond motifs is 5. The highest BCUT2D eigenvalue weighted by Crippen LogP contribution is 2.70. The summed E-state index contributed by atoms with van der Waals surface area (Å²) in [6.07, 6.45) is 0.889. The minimum atomic E-state index is -2.22. The van der Waals surface area contributed by atoms with Gasteiger partial charge in [-0.15, -0.1) is 0 Å². The molecule has 4 aliphatic carbocycles. The van der Waals surface area contributed by atoms with Crippen LogP contribution in [0, 0.1) is 34.5 Å². The fourth-order valence-electron chi connectivity index (χ4n) is 8.22. The maximum Gasteiger partial charge on any atom is 0.178 e. The summed E-state index contributed by atoms with van der Waals surface area (Å²) >= 11 is 1.51. The van der Waals surface area contributed by atoms with E-state index in [-0.39, 0.29) is 31.5 Å². The molecule has 9 atom stereocenters. The van der Waals surface area contributed by atoms with Crippen LogP contribution in [0.15, 0.2) is 40.6 Å². The predicted octanol–water partition coefficient (Wildman–Crippen LogP) is 3.66. The first-order chi connectivity index (χ1) is 17.0. The molecule has 3 fully saturated rings. The van der Waals surface area contributed by atoms with Crippen molar-refractivity contribution < 1.29 is 33.8 Å². The Morgan fingerprint density at radius 3 is 2.69 bits per heavy atom. The first kappa shape index (κ1) is 25.9. The summed E-state index contributed by atoms with van der Waals surface area (Å²) in [4.78, 5) is 25.1. The van der Waals surface area contributed by atoms with Crippen molar-refractivity contribution in [3.8, 4) is 0 Å². The Bertz CT molecular complexity index is 1110. The number of carbonyl (C=O) groups is 2. The third-order valence-electron chi connectivity index (χ3n) is 9.69. The molecule has 5 rings (SSSR count). The van der Waals surface area contributed by atoms with Gasteiger partial charge in [0, 0.05) is 30.3 Å². The van der Waals surface area contributed by atoms with Crippen LogP contribution in [0.5, 0.6) is 0 Å².